The Bertz CT molecular complexity index is 1020. The third-order valence-corrected chi connectivity index (χ3v) is 6.22. The summed E-state index contributed by atoms with van der Waals surface area (Å²) in [4.78, 5) is 22.4. The average molecular weight is 428 g/mol. The number of benzene rings is 1. The molecule has 3 aromatic rings. The van der Waals surface area contributed by atoms with E-state index >= 15 is 0 Å². The minimum absolute atomic E-state index is 0.0223. The highest BCUT2D eigenvalue weighted by molar-refractivity contribution is 7.85. The molecule has 1 aliphatic rings. The van der Waals surface area contributed by atoms with E-state index in [9.17, 15) is 9.32 Å². The molecule has 0 unspecified atom stereocenters. The Morgan fingerprint density at radius 2 is 1.90 bits per heavy atom. The molecule has 30 heavy (non-hydrogen) atoms. The Labute approximate surface area is 177 Å². The Kier molecular flexibility index (Phi) is 6.34. The summed E-state index contributed by atoms with van der Waals surface area (Å²) in [5.74, 6) is 3.05. The number of aliphatic hydroxyl groups is 1. The highest BCUT2D eigenvalue weighted by Gasteiger charge is 2.23. The monoisotopic (exact) mass is 427 g/mol. The fraction of sp³-hybridized carbons (Fsp3) is 0.400. The largest absolute Gasteiger partial charge is 0.395 e. The summed E-state index contributed by atoms with van der Waals surface area (Å²) in [6, 6.07) is 10.2. The van der Waals surface area contributed by atoms with Gasteiger partial charge in [-0.05, 0) is 5.56 Å². The molecule has 0 saturated carbocycles. The normalized spacial score (nSPS) is 14.8. The first-order valence-corrected chi connectivity index (χ1v) is 11.4. The van der Waals surface area contributed by atoms with E-state index in [2.05, 4.69) is 42.3 Å². The molecule has 3 heterocycles. The van der Waals surface area contributed by atoms with Crippen molar-refractivity contribution in [2.75, 3.05) is 59.9 Å². The van der Waals surface area contributed by atoms with Crippen LogP contribution in [0.3, 0.4) is 0 Å². The van der Waals surface area contributed by atoms with Crippen LogP contribution in [0.15, 0.2) is 36.7 Å². The zero-order chi connectivity index (χ0) is 20.9. The van der Waals surface area contributed by atoms with Crippen LogP contribution in [0.2, 0.25) is 0 Å². The van der Waals surface area contributed by atoms with Gasteiger partial charge in [0.2, 0.25) is 5.95 Å². The van der Waals surface area contributed by atoms with Gasteiger partial charge in [0.15, 0.2) is 11.6 Å². The number of nitrogens with zero attached hydrogens (tertiary/aromatic N) is 6. The number of rotatable bonds is 7. The van der Waals surface area contributed by atoms with Crippen LogP contribution in [0.1, 0.15) is 5.56 Å². The molecule has 1 fully saturated rings. The summed E-state index contributed by atoms with van der Waals surface area (Å²) >= 11 is 0. The molecular formula is C20H25N7O2S. The molecule has 1 aromatic carbocycles. The van der Waals surface area contributed by atoms with E-state index in [1.807, 2.05) is 30.1 Å². The minimum Gasteiger partial charge on any atom is -0.395 e. The maximum Gasteiger partial charge on any atom is 0.225 e. The number of nitrogens with one attached hydrogen (secondary N) is 1. The Balaban J connectivity index is 1.75. The highest BCUT2D eigenvalue weighted by atomic mass is 32.2. The molecular weight excluding hydrogens is 402 g/mol. The van der Waals surface area contributed by atoms with Crippen LogP contribution < -0.4 is 15.1 Å². The van der Waals surface area contributed by atoms with Crippen molar-refractivity contribution in [3.63, 3.8) is 0 Å². The lowest BCUT2D eigenvalue weighted by molar-refractivity contribution is 0.311. The van der Waals surface area contributed by atoms with Crippen molar-refractivity contribution in [3.05, 3.63) is 42.2 Å². The molecule has 0 radical (unpaired) electrons. The van der Waals surface area contributed by atoms with E-state index in [4.69, 9.17) is 0 Å². The van der Waals surface area contributed by atoms with E-state index in [-0.39, 0.29) is 6.61 Å². The van der Waals surface area contributed by atoms with Gasteiger partial charge in [-0.3, -0.25) is 4.21 Å². The van der Waals surface area contributed by atoms with Gasteiger partial charge in [-0.2, -0.15) is 4.98 Å². The fourth-order valence-corrected chi connectivity index (χ4v) is 4.50. The molecule has 0 bridgehead atoms. The summed E-state index contributed by atoms with van der Waals surface area (Å²) in [5.41, 5.74) is 2.48. The van der Waals surface area contributed by atoms with Crippen molar-refractivity contribution < 1.29 is 9.32 Å². The summed E-state index contributed by atoms with van der Waals surface area (Å²) in [7, 11) is 1.19. The van der Waals surface area contributed by atoms with Gasteiger partial charge in [0.25, 0.3) is 0 Å². The Morgan fingerprint density at radius 3 is 2.63 bits per heavy atom. The van der Waals surface area contributed by atoms with E-state index in [1.165, 1.54) is 6.33 Å². The minimum atomic E-state index is -0.788. The first kappa shape index (κ1) is 20.4. The van der Waals surface area contributed by atoms with Gasteiger partial charge in [0, 0.05) is 55.5 Å². The third kappa shape index (κ3) is 4.49. The van der Waals surface area contributed by atoms with Gasteiger partial charge in [0.05, 0.1) is 6.61 Å². The second kappa shape index (κ2) is 9.31. The van der Waals surface area contributed by atoms with Gasteiger partial charge in [-0.25, -0.2) is 15.0 Å². The lowest BCUT2D eigenvalue weighted by Crippen LogP contribution is -2.38. The summed E-state index contributed by atoms with van der Waals surface area (Å²) in [6.07, 6.45) is 1.54. The van der Waals surface area contributed by atoms with Crippen molar-refractivity contribution in [2.45, 2.75) is 6.54 Å². The molecule has 0 atom stereocenters. The maximum atomic E-state index is 11.8. The van der Waals surface area contributed by atoms with Crippen LogP contribution in [-0.2, 0) is 17.3 Å². The van der Waals surface area contributed by atoms with E-state index < -0.39 is 10.8 Å². The molecule has 10 heteroatoms. The van der Waals surface area contributed by atoms with Gasteiger partial charge in [-0.15, -0.1) is 0 Å². The molecule has 2 aromatic heterocycles. The number of aromatic nitrogens is 4. The number of fused-ring (bicyclic) bond motifs is 1. The number of hydrogen-bond acceptors (Lipinski definition) is 9. The van der Waals surface area contributed by atoms with Gasteiger partial charge in [-0.1, -0.05) is 30.3 Å². The lowest BCUT2D eigenvalue weighted by Gasteiger charge is -2.28. The summed E-state index contributed by atoms with van der Waals surface area (Å²) in [6.45, 7) is 2.30. The van der Waals surface area contributed by atoms with Gasteiger partial charge in [0.1, 0.15) is 17.4 Å². The second-order valence-electron chi connectivity index (χ2n) is 7.09. The SMILES string of the molecule is CN(Cc1ccccc1)c1ncnc2c(N3CCS(=O)CC3)nc(NCCO)nc12. The molecule has 2 N–H and O–H groups in total. The zero-order valence-corrected chi connectivity index (χ0v) is 17.7. The highest BCUT2D eigenvalue weighted by Crippen LogP contribution is 2.29. The summed E-state index contributed by atoms with van der Waals surface area (Å²) in [5, 5.41) is 12.3. The average Bonchev–Trinajstić information content (AvgIpc) is 2.78. The van der Waals surface area contributed by atoms with Crippen LogP contribution in [0.4, 0.5) is 17.6 Å². The van der Waals surface area contributed by atoms with E-state index in [1.54, 1.807) is 0 Å². The quantitative estimate of drug-likeness (QED) is 0.571. The van der Waals surface area contributed by atoms with Gasteiger partial charge >= 0.3 is 0 Å². The van der Waals surface area contributed by atoms with Crippen molar-refractivity contribution in [3.8, 4) is 0 Å². The first-order valence-electron chi connectivity index (χ1n) is 9.88. The number of aliphatic hydroxyl groups excluding tert-OH is 1. The molecule has 4 rings (SSSR count). The lowest BCUT2D eigenvalue weighted by atomic mass is 10.2. The molecule has 158 valence electrons. The van der Waals surface area contributed by atoms with Crippen LogP contribution in [0.5, 0.6) is 0 Å². The molecule has 0 aliphatic carbocycles. The zero-order valence-electron chi connectivity index (χ0n) is 16.9. The summed E-state index contributed by atoms with van der Waals surface area (Å²) < 4.78 is 11.8. The Morgan fingerprint density at radius 1 is 1.13 bits per heavy atom. The number of anilines is 3. The molecule has 1 saturated heterocycles. The topological polar surface area (TPSA) is 107 Å². The van der Waals surface area contributed by atoms with Crippen LogP contribution >= 0.6 is 0 Å². The van der Waals surface area contributed by atoms with E-state index in [0.29, 0.717) is 66.3 Å². The van der Waals surface area contributed by atoms with Crippen molar-refractivity contribution in [2.24, 2.45) is 0 Å². The smallest absolute Gasteiger partial charge is 0.225 e. The van der Waals surface area contributed by atoms with Crippen LogP contribution in [-0.4, -0.2) is 74.0 Å². The van der Waals surface area contributed by atoms with E-state index in [0.717, 1.165) is 5.56 Å². The maximum absolute atomic E-state index is 11.8. The number of hydrogen-bond donors (Lipinski definition) is 2. The second-order valence-corrected chi connectivity index (χ2v) is 8.79. The third-order valence-electron chi connectivity index (χ3n) is 4.94. The molecule has 1 aliphatic heterocycles. The fourth-order valence-electron chi connectivity index (χ4n) is 3.45. The van der Waals surface area contributed by atoms with Crippen molar-refractivity contribution in [1.29, 1.82) is 0 Å². The predicted molar refractivity (Wildman–Crippen MR) is 119 cm³/mol. The van der Waals surface area contributed by atoms with Crippen LogP contribution in [0, 0.1) is 0 Å². The molecule has 0 spiro atoms. The molecule has 9 nitrogen and oxygen atoms in total. The first-order chi connectivity index (χ1) is 14.7. The standard InChI is InChI=1S/C20H25N7O2S/c1-26(13-15-5-3-2-4-6-15)18-17-16(22-14-23-18)19(25-20(24-17)21-7-10-28)27-8-11-30(29)12-9-27/h2-6,14,28H,7-13H2,1H3,(H,21,24,25). The Hall–Kier alpha value is -2.85. The van der Waals surface area contributed by atoms with Crippen molar-refractivity contribution in [1.82, 2.24) is 19.9 Å². The van der Waals surface area contributed by atoms with Crippen molar-refractivity contribution >= 4 is 39.4 Å². The van der Waals surface area contributed by atoms with Crippen LogP contribution in [0.25, 0.3) is 11.0 Å². The predicted octanol–water partition coefficient (Wildman–Crippen LogP) is 1.03. The van der Waals surface area contributed by atoms with Gasteiger partial charge < -0.3 is 20.2 Å². The molecule has 0 amide bonds.